The Kier molecular flexibility index (Phi) is 22.0. The van der Waals surface area contributed by atoms with Crippen molar-refractivity contribution in [3.8, 4) is 0 Å². The van der Waals surface area contributed by atoms with Crippen LogP contribution in [0.1, 0.15) is 0 Å². The van der Waals surface area contributed by atoms with Crippen molar-refractivity contribution in [1.29, 1.82) is 0 Å². The zero-order valence-corrected chi connectivity index (χ0v) is 27.7. The summed E-state index contributed by atoms with van der Waals surface area (Å²) in [7, 11) is -7.50. The Morgan fingerprint density at radius 3 is 1.45 bits per heavy atom. The van der Waals surface area contributed by atoms with Crippen LogP contribution in [0.3, 0.4) is 0 Å². The van der Waals surface area contributed by atoms with Crippen LogP contribution in [0.15, 0.2) is 12.3 Å². The van der Waals surface area contributed by atoms with Gasteiger partial charge in [-0.05, 0) is 6.55 Å². The second-order valence-electron chi connectivity index (χ2n) is 3.77. The van der Waals surface area contributed by atoms with Gasteiger partial charge >= 0.3 is 0 Å². The summed E-state index contributed by atoms with van der Waals surface area (Å²) in [4.78, 5) is 0. The van der Waals surface area contributed by atoms with Crippen LogP contribution in [0, 0.1) is 0 Å². The lowest BCUT2D eigenvalue weighted by Gasteiger charge is -2.09. The van der Waals surface area contributed by atoms with Crippen LogP contribution < -0.4 is 0 Å². The summed E-state index contributed by atoms with van der Waals surface area (Å²) in [5, 5.41) is 0. The molecular weight excluding hydrogens is 461 g/mol. The molecule has 0 radical (unpaired) electrons. The van der Waals surface area contributed by atoms with E-state index < -0.39 is 89.1 Å². The van der Waals surface area contributed by atoms with Gasteiger partial charge in [-0.25, -0.2) is 0 Å². The van der Waals surface area contributed by atoms with Crippen LogP contribution in [0.5, 0.6) is 0 Å². The molecule has 0 rings (SSSR count). The Balaban J connectivity index is 2.98. The van der Waals surface area contributed by atoms with E-state index in [2.05, 4.69) is 13.1 Å². The summed E-state index contributed by atoms with van der Waals surface area (Å²) in [6.07, 6.45) is 0. The largest absolute Gasteiger partial charge is 0.449 e. The lowest BCUT2D eigenvalue weighted by atomic mass is 11.3. The van der Waals surface area contributed by atoms with Crippen LogP contribution in [-0.2, 0) is 37.0 Å². The number of hydrogen-bond donors (Lipinski definition) is 0. The molecule has 19 heteroatoms. The monoisotopic (exact) mass is 486 g/mol. The Labute approximate surface area is 155 Å². The van der Waals surface area contributed by atoms with Gasteiger partial charge in [0.15, 0.2) is 9.04 Å². The van der Waals surface area contributed by atoms with E-state index in [-0.39, 0.29) is 0 Å². The van der Waals surface area contributed by atoms with E-state index >= 15 is 0 Å². The van der Waals surface area contributed by atoms with E-state index in [4.69, 9.17) is 37.0 Å². The first-order valence-corrected chi connectivity index (χ1v) is 18.9. The molecule has 1 atom stereocenters. The molecule has 0 aliphatic heterocycles. The van der Waals surface area contributed by atoms with Gasteiger partial charge in [0.1, 0.15) is 10.5 Å². The average molecular weight is 487 g/mol. The van der Waals surface area contributed by atoms with Gasteiger partial charge in [-0.1, -0.05) is 5.70 Å². The van der Waals surface area contributed by atoms with Crippen LogP contribution in [0.25, 0.3) is 0 Å². The summed E-state index contributed by atoms with van der Waals surface area (Å²) in [6.45, 7) is 5.77. The van der Waals surface area contributed by atoms with Crippen molar-refractivity contribution in [3.05, 3.63) is 12.3 Å². The zero-order valence-electron chi connectivity index (χ0n) is 13.2. The highest BCUT2D eigenvalue weighted by atomic mass is 28.4. The molecule has 1 unspecified atom stereocenters. The first-order chi connectivity index (χ1) is 10.8. The Morgan fingerprint density at radius 1 is 0.727 bits per heavy atom. The standard InChI is InChI=1S/C3H26O9Si10/c1-3-22(2)12-21-11-20-10-19-9-18-8-17-7-16-6-15-5-14-4-13/h3,22H,1,14-21H2,2,13H3. The summed E-state index contributed by atoms with van der Waals surface area (Å²) in [5.74, 6) is 0. The molecular formula is C3H26O9Si10. The minimum atomic E-state index is -1.16. The molecule has 0 saturated carbocycles. The average Bonchev–Trinajstić information content (AvgIpc) is 2.54. The molecule has 0 heterocycles. The van der Waals surface area contributed by atoms with E-state index in [0.717, 1.165) is 10.5 Å². The smallest absolute Gasteiger partial charge is 0.286 e. The third-order valence-electron chi connectivity index (χ3n) is 1.95. The second-order valence-corrected chi connectivity index (χ2v) is 22.6. The zero-order chi connectivity index (χ0) is 16.3. The van der Waals surface area contributed by atoms with E-state index in [0.29, 0.717) is 0 Å². The molecule has 0 aromatic heterocycles. The predicted molar refractivity (Wildman–Crippen MR) is 111 cm³/mol. The maximum absolute atomic E-state index is 5.53. The maximum atomic E-state index is 5.53. The highest BCUT2D eigenvalue weighted by Gasteiger charge is 1.99. The Bertz CT molecular complexity index is 238. The van der Waals surface area contributed by atoms with Gasteiger partial charge in [0.2, 0.25) is 0 Å². The van der Waals surface area contributed by atoms with E-state index in [1.807, 2.05) is 5.70 Å². The quantitative estimate of drug-likeness (QED) is 0.138. The molecule has 0 N–H and O–H groups in total. The van der Waals surface area contributed by atoms with Gasteiger partial charge in [-0.15, -0.1) is 6.58 Å². The highest BCUT2D eigenvalue weighted by Crippen LogP contribution is 1.84. The van der Waals surface area contributed by atoms with Gasteiger partial charge in [-0.2, -0.15) is 0 Å². The van der Waals surface area contributed by atoms with Crippen molar-refractivity contribution in [2.45, 2.75) is 6.55 Å². The molecule has 0 aliphatic carbocycles. The van der Waals surface area contributed by atoms with Crippen LogP contribution in [0.2, 0.25) is 6.55 Å². The molecule has 132 valence electrons. The van der Waals surface area contributed by atoms with Crippen LogP contribution in [0.4, 0.5) is 0 Å². The van der Waals surface area contributed by atoms with Crippen molar-refractivity contribution >= 4 is 99.6 Å². The summed E-state index contributed by atoms with van der Waals surface area (Å²) in [5.41, 5.74) is 1.89. The number of rotatable bonds is 18. The molecule has 0 aliphatic rings. The minimum Gasteiger partial charge on any atom is -0.449 e. The lowest BCUT2D eigenvalue weighted by Crippen LogP contribution is -2.22. The van der Waals surface area contributed by atoms with Crippen LogP contribution in [-0.4, -0.2) is 99.6 Å². The molecule has 0 saturated heterocycles. The van der Waals surface area contributed by atoms with E-state index in [1.54, 1.807) is 0 Å². The molecule has 22 heavy (non-hydrogen) atoms. The van der Waals surface area contributed by atoms with Gasteiger partial charge < -0.3 is 37.0 Å². The Hall–Kier alpha value is 1.55. The lowest BCUT2D eigenvalue weighted by molar-refractivity contribution is 0.364. The fourth-order valence-corrected chi connectivity index (χ4v) is 16.8. The Morgan fingerprint density at radius 2 is 1.09 bits per heavy atom. The van der Waals surface area contributed by atoms with Crippen molar-refractivity contribution in [3.63, 3.8) is 0 Å². The van der Waals surface area contributed by atoms with Crippen molar-refractivity contribution in [1.82, 2.24) is 0 Å². The van der Waals surface area contributed by atoms with Crippen LogP contribution >= 0.6 is 0 Å². The predicted octanol–water partition coefficient (Wildman–Crippen LogP) is -8.51. The summed E-state index contributed by atoms with van der Waals surface area (Å²) < 4.78 is 48.1. The molecule has 9 nitrogen and oxygen atoms in total. The second kappa shape index (κ2) is 20.6. The van der Waals surface area contributed by atoms with Gasteiger partial charge in [0.05, 0.1) is 0 Å². The molecule has 0 amide bonds. The third kappa shape index (κ3) is 19.6. The van der Waals surface area contributed by atoms with Gasteiger partial charge in [0.25, 0.3) is 80.1 Å². The maximum Gasteiger partial charge on any atom is 0.286 e. The van der Waals surface area contributed by atoms with Gasteiger partial charge in [0, 0.05) is 0 Å². The fraction of sp³-hybridized carbons (Fsp3) is 0.333. The molecule has 0 aromatic rings. The SMILES string of the molecule is C=C[SiH](C)O[SiH2]O[SiH2]O[SiH2]O[SiH2]O[SiH2]O[SiH2]O[SiH2]O[SiH2]O[SiH3]. The third-order valence-corrected chi connectivity index (χ3v) is 15.5. The molecule has 0 spiro atoms. The molecule has 0 aromatic carbocycles. The van der Waals surface area contributed by atoms with E-state index in [1.165, 1.54) is 0 Å². The highest BCUT2D eigenvalue weighted by molar-refractivity contribution is 6.61. The molecule has 0 fully saturated rings. The number of hydrogen-bond acceptors (Lipinski definition) is 9. The topological polar surface area (TPSA) is 83.1 Å². The summed E-state index contributed by atoms with van der Waals surface area (Å²) in [6, 6.07) is 0. The van der Waals surface area contributed by atoms with E-state index in [9.17, 15) is 0 Å². The normalized spacial score (nSPS) is 17.0. The summed E-state index contributed by atoms with van der Waals surface area (Å²) >= 11 is 0. The first kappa shape index (κ1) is 23.5. The fourth-order valence-electron chi connectivity index (χ4n) is 0.899. The van der Waals surface area contributed by atoms with Crippen molar-refractivity contribution < 1.29 is 37.0 Å². The van der Waals surface area contributed by atoms with Crippen molar-refractivity contribution in [2.75, 3.05) is 0 Å². The van der Waals surface area contributed by atoms with Crippen molar-refractivity contribution in [2.24, 2.45) is 0 Å². The molecule has 0 bridgehead atoms. The van der Waals surface area contributed by atoms with Gasteiger partial charge in [-0.3, -0.25) is 0 Å². The minimum absolute atomic E-state index is 0.737. The first-order valence-electron chi connectivity index (χ1n) is 6.58.